The van der Waals surface area contributed by atoms with Crippen LogP contribution in [-0.4, -0.2) is 12.3 Å². The van der Waals surface area contributed by atoms with E-state index in [0.29, 0.717) is 17.2 Å². The molecule has 0 amide bonds. The highest BCUT2D eigenvalue weighted by Crippen LogP contribution is 2.35. The smallest absolute Gasteiger partial charge is 0.150 e. The Morgan fingerprint density at radius 3 is 2.85 bits per heavy atom. The standard InChI is InChI=1S/C16H14N2OS/c17-9-13-8-12(11-19)3-6-16(13)18(14-4-5-14)10-15-2-1-7-20-15/h1-3,6-8,11,14H,4-5,10H2. The molecule has 1 aromatic heterocycles. The number of anilines is 1. The fraction of sp³-hybridized carbons (Fsp3) is 0.250. The van der Waals surface area contributed by atoms with Crippen molar-refractivity contribution in [2.75, 3.05) is 4.90 Å². The number of nitrogens with zero attached hydrogens (tertiary/aromatic N) is 2. The maximum Gasteiger partial charge on any atom is 0.150 e. The summed E-state index contributed by atoms with van der Waals surface area (Å²) >= 11 is 1.73. The molecule has 0 atom stereocenters. The lowest BCUT2D eigenvalue weighted by molar-refractivity contribution is 0.112. The first-order valence-corrected chi connectivity index (χ1v) is 7.48. The maximum atomic E-state index is 10.8. The van der Waals surface area contributed by atoms with Gasteiger partial charge in [-0.05, 0) is 42.5 Å². The van der Waals surface area contributed by atoms with Gasteiger partial charge in [0.05, 0.1) is 17.8 Å². The summed E-state index contributed by atoms with van der Waals surface area (Å²) in [7, 11) is 0. The number of aldehydes is 1. The second-order valence-electron chi connectivity index (χ2n) is 4.94. The van der Waals surface area contributed by atoms with Crippen molar-refractivity contribution in [3.05, 3.63) is 51.7 Å². The van der Waals surface area contributed by atoms with E-state index in [4.69, 9.17) is 0 Å². The molecule has 100 valence electrons. The third kappa shape index (κ3) is 2.59. The second kappa shape index (κ2) is 5.48. The first kappa shape index (κ1) is 12.9. The van der Waals surface area contributed by atoms with E-state index in [1.165, 1.54) is 17.7 Å². The number of carbonyl (C=O) groups excluding carboxylic acids is 1. The van der Waals surface area contributed by atoms with Crippen LogP contribution in [-0.2, 0) is 6.54 Å². The van der Waals surface area contributed by atoms with Crippen LogP contribution in [0.25, 0.3) is 0 Å². The average molecular weight is 282 g/mol. The fourth-order valence-corrected chi connectivity index (χ4v) is 3.04. The van der Waals surface area contributed by atoms with Gasteiger partial charge in [0.15, 0.2) is 0 Å². The van der Waals surface area contributed by atoms with Crippen molar-refractivity contribution in [1.29, 1.82) is 5.26 Å². The summed E-state index contributed by atoms with van der Waals surface area (Å²) < 4.78 is 0. The van der Waals surface area contributed by atoms with Gasteiger partial charge in [-0.2, -0.15) is 5.26 Å². The van der Waals surface area contributed by atoms with Gasteiger partial charge in [-0.1, -0.05) is 6.07 Å². The Kier molecular flexibility index (Phi) is 3.53. The lowest BCUT2D eigenvalue weighted by atomic mass is 10.1. The van der Waals surface area contributed by atoms with E-state index in [-0.39, 0.29) is 0 Å². The van der Waals surface area contributed by atoms with Gasteiger partial charge in [0.2, 0.25) is 0 Å². The van der Waals surface area contributed by atoms with Crippen LogP contribution in [0.1, 0.15) is 33.6 Å². The Labute approximate surface area is 122 Å². The van der Waals surface area contributed by atoms with Crippen LogP contribution in [0.2, 0.25) is 0 Å². The van der Waals surface area contributed by atoms with Crippen LogP contribution in [0, 0.1) is 11.3 Å². The summed E-state index contributed by atoms with van der Waals surface area (Å²) in [5.41, 5.74) is 2.07. The first-order valence-electron chi connectivity index (χ1n) is 6.60. The van der Waals surface area contributed by atoms with Crippen LogP contribution >= 0.6 is 11.3 Å². The molecule has 0 bridgehead atoms. The molecule has 1 aromatic carbocycles. The number of nitriles is 1. The van der Waals surface area contributed by atoms with Crippen molar-refractivity contribution >= 4 is 23.3 Å². The molecule has 20 heavy (non-hydrogen) atoms. The number of hydrogen-bond acceptors (Lipinski definition) is 4. The fourth-order valence-electron chi connectivity index (χ4n) is 2.33. The van der Waals surface area contributed by atoms with Crippen molar-refractivity contribution in [3.63, 3.8) is 0 Å². The molecule has 0 unspecified atom stereocenters. The van der Waals surface area contributed by atoms with Crippen molar-refractivity contribution in [2.45, 2.75) is 25.4 Å². The summed E-state index contributed by atoms with van der Waals surface area (Å²) in [6, 6.07) is 12.3. The zero-order chi connectivity index (χ0) is 13.9. The van der Waals surface area contributed by atoms with Crippen LogP contribution in [0.4, 0.5) is 5.69 Å². The minimum Gasteiger partial charge on any atom is -0.362 e. The molecular weight excluding hydrogens is 268 g/mol. The molecule has 1 fully saturated rings. The summed E-state index contributed by atoms with van der Waals surface area (Å²) in [5.74, 6) is 0. The predicted molar refractivity (Wildman–Crippen MR) is 80.1 cm³/mol. The van der Waals surface area contributed by atoms with Gasteiger partial charge in [0, 0.05) is 16.5 Å². The molecule has 3 rings (SSSR count). The van der Waals surface area contributed by atoms with Gasteiger partial charge in [-0.15, -0.1) is 11.3 Å². The summed E-state index contributed by atoms with van der Waals surface area (Å²) in [6.07, 6.45) is 3.13. The van der Waals surface area contributed by atoms with E-state index in [1.54, 1.807) is 23.5 Å². The van der Waals surface area contributed by atoms with Crippen LogP contribution < -0.4 is 4.90 Å². The molecular formula is C16H14N2OS. The zero-order valence-corrected chi connectivity index (χ0v) is 11.8. The predicted octanol–water partition coefficient (Wildman–Crippen LogP) is 3.60. The van der Waals surface area contributed by atoms with Gasteiger partial charge >= 0.3 is 0 Å². The minimum atomic E-state index is 0.520. The Morgan fingerprint density at radius 1 is 1.40 bits per heavy atom. The highest BCUT2D eigenvalue weighted by Gasteiger charge is 2.30. The Balaban J connectivity index is 1.95. The van der Waals surface area contributed by atoms with Gasteiger partial charge in [-0.3, -0.25) is 4.79 Å². The molecule has 1 heterocycles. The number of benzene rings is 1. The lowest BCUT2D eigenvalue weighted by Gasteiger charge is -2.25. The van der Waals surface area contributed by atoms with Crippen LogP contribution in [0.15, 0.2) is 35.7 Å². The molecule has 0 aliphatic heterocycles. The molecule has 0 spiro atoms. The van der Waals surface area contributed by atoms with Crippen molar-refractivity contribution in [2.24, 2.45) is 0 Å². The Bertz CT molecular complexity index is 654. The van der Waals surface area contributed by atoms with Gasteiger partial charge in [-0.25, -0.2) is 0 Å². The summed E-state index contributed by atoms with van der Waals surface area (Å²) in [6.45, 7) is 0.831. The monoisotopic (exact) mass is 282 g/mol. The topological polar surface area (TPSA) is 44.1 Å². The Morgan fingerprint density at radius 2 is 2.25 bits per heavy atom. The quantitative estimate of drug-likeness (QED) is 0.787. The van der Waals surface area contributed by atoms with Crippen molar-refractivity contribution in [1.82, 2.24) is 0 Å². The lowest BCUT2D eigenvalue weighted by Crippen LogP contribution is -2.25. The third-order valence-corrected chi connectivity index (χ3v) is 4.34. The summed E-state index contributed by atoms with van der Waals surface area (Å²) in [4.78, 5) is 14.4. The molecule has 2 aromatic rings. The molecule has 4 heteroatoms. The number of carbonyl (C=O) groups is 1. The van der Waals surface area contributed by atoms with Gasteiger partial charge in [0.1, 0.15) is 12.4 Å². The maximum absolute atomic E-state index is 10.8. The first-order chi connectivity index (χ1) is 9.81. The van der Waals surface area contributed by atoms with E-state index in [1.807, 2.05) is 12.1 Å². The highest BCUT2D eigenvalue weighted by atomic mass is 32.1. The van der Waals surface area contributed by atoms with Crippen molar-refractivity contribution in [3.8, 4) is 6.07 Å². The van der Waals surface area contributed by atoms with E-state index in [9.17, 15) is 10.1 Å². The van der Waals surface area contributed by atoms with E-state index in [2.05, 4.69) is 22.4 Å². The van der Waals surface area contributed by atoms with Crippen molar-refractivity contribution < 1.29 is 4.79 Å². The van der Waals surface area contributed by atoms with E-state index < -0.39 is 0 Å². The molecule has 0 N–H and O–H groups in total. The van der Waals surface area contributed by atoms with E-state index >= 15 is 0 Å². The largest absolute Gasteiger partial charge is 0.362 e. The second-order valence-corrected chi connectivity index (χ2v) is 5.98. The Hall–Kier alpha value is -2.12. The molecule has 0 saturated heterocycles. The van der Waals surface area contributed by atoms with Crippen LogP contribution in [0.5, 0.6) is 0 Å². The highest BCUT2D eigenvalue weighted by molar-refractivity contribution is 7.09. The zero-order valence-electron chi connectivity index (χ0n) is 11.0. The van der Waals surface area contributed by atoms with Crippen LogP contribution in [0.3, 0.4) is 0 Å². The van der Waals surface area contributed by atoms with E-state index in [0.717, 1.165) is 18.5 Å². The number of hydrogen-bond donors (Lipinski definition) is 0. The molecule has 0 radical (unpaired) electrons. The normalized spacial score (nSPS) is 13.8. The third-order valence-electron chi connectivity index (χ3n) is 3.48. The van der Waals surface area contributed by atoms with Gasteiger partial charge in [0.25, 0.3) is 0 Å². The SMILES string of the molecule is N#Cc1cc(C=O)ccc1N(Cc1cccs1)C1CC1. The summed E-state index contributed by atoms with van der Waals surface area (Å²) in [5, 5.41) is 11.4. The minimum absolute atomic E-state index is 0.520. The molecule has 3 nitrogen and oxygen atoms in total. The molecule has 1 aliphatic rings. The van der Waals surface area contributed by atoms with Gasteiger partial charge < -0.3 is 4.90 Å². The average Bonchev–Trinajstić information content (AvgIpc) is 3.21. The molecule has 1 saturated carbocycles. The number of thiophene rings is 1. The molecule has 1 aliphatic carbocycles. The number of rotatable bonds is 5.